The molecule has 0 aliphatic carbocycles. The van der Waals surface area contributed by atoms with E-state index in [1.807, 2.05) is 22.6 Å². The number of hydrogen-bond acceptors (Lipinski definition) is 1. The van der Waals surface area contributed by atoms with Gasteiger partial charge in [-0.2, -0.15) is 0 Å². The Bertz CT molecular complexity index is 266. The number of benzene rings is 1. The summed E-state index contributed by atoms with van der Waals surface area (Å²) < 4.78 is 2.74. The molecule has 1 rings (SSSR count). The maximum Gasteiger partial charge on any atom is 0.115 e. The van der Waals surface area contributed by atoms with Crippen molar-refractivity contribution in [3.05, 3.63) is 29.8 Å². The van der Waals surface area contributed by atoms with Crippen molar-refractivity contribution in [2.45, 2.75) is 0 Å². The minimum absolute atomic E-state index is 0.277. The van der Waals surface area contributed by atoms with Gasteiger partial charge in [0.05, 0.1) is 0 Å². The van der Waals surface area contributed by atoms with Gasteiger partial charge in [-0.1, -0.05) is 5.92 Å². The molecule has 0 bridgehead atoms. The minimum Gasteiger partial charge on any atom is -0.508 e. The first-order chi connectivity index (χ1) is 4.83. The first-order valence-corrected chi connectivity index (χ1v) is 3.81. The highest BCUT2D eigenvalue weighted by Crippen LogP contribution is 2.08. The number of phenols is 1. The molecule has 0 spiro atoms. The van der Waals surface area contributed by atoms with E-state index in [-0.39, 0.29) is 5.75 Å². The van der Waals surface area contributed by atoms with E-state index in [0.29, 0.717) is 0 Å². The molecule has 1 aromatic rings. The molecule has 0 aromatic heterocycles. The van der Waals surface area contributed by atoms with Gasteiger partial charge in [0.25, 0.3) is 0 Å². The van der Waals surface area contributed by atoms with Crippen molar-refractivity contribution in [1.82, 2.24) is 0 Å². The molecular weight excluding hydrogens is 239 g/mol. The van der Waals surface area contributed by atoms with Crippen molar-refractivity contribution in [2.75, 3.05) is 0 Å². The number of hydrogen-bond donors (Lipinski definition) is 1. The number of rotatable bonds is 0. The predicted octanol–water partition coefficient (Wildman–Crippen LogP) is 2.14. The van der Waals surface area contributed by atoms with Crippen molar-refractivity contribution < 1.29 is 5.11 Å². The van der Waals surface area contributed by atoms with Gasteiger partial charge in [-0.05, 0) is 28.2 Å². The summed E-state index contributed by atoms with van der Waals surface area (Å²) in [6.07, 6.45) is 0. The third-order valence-electron chi connectivity index (χ3n) is 1.06. The molecule has 0 fully saturated rings. The molecule has 1 nitrogen and oxygen atoms in total. The Morgan fingerprint density at radius 1 is 1.20 bits per heavy atom. The first kappa shape index (κ1) is 7.42. The van der Waals surface area contributed by atoms with Gasteiger partial charge in [0, 0.05) is 28.2 Å². The van der Waals surface area contributed by atoms with Gasteiger partial charge >= 0.3 is 0 Å². The summed E-state index contributed by atoms with van der Waals surface area (Å²) in [6, 6.07) is 6.80. The summed E-state index contributed by atoms with van der Waals surface area (Å²) in [5, 5.41) is 8.87. The average Bonchev–Trinajstić information content (AvgIpc) is 1.95. The van der Waals surface area contributed by atoms with Gasteiger partial charge in [-0.15, -0.1) is 0 Å². The molecule has 0 atom stereocenters. The van der Waals surface area contributed by atoms with Crippen LogP contribution in [0, 0.1) is 9.85 Å². The van der Waals surface area contributed by atoms with Crippen LogP contribution in [0.25, 0.3) is 0 Å². The maximum atomic E-state index is 8.87. The fourth-order valence-corrected chi connectivity index (χ4v) is 0.911. The second-order valence-electron chi connectivity index (χ2n) is 1.77. The SMILES string of the molecule is Oc1ccc(C#CI)cc1. The molecule has 1 N–H and O–H groups in total. The van der Waals surface area contributed by atoms with Crippen LogP contribution in [0.1, 0.15) is 5.56 Å². The van der Waals surface area contributed by atoms with Crippen LogP contribution in [-0.2, 0) is 0 Å². The van der Waals surface area contributed by atoms with E-state index in [9.17, 15) is 0 Å². The lowest BCUT2D eigenvalue weighted by Crippen LogP contribution is -1.69. The highest BCUT2D eigenvalue weighted by atomic mass is 127. The molecule has 10 heavy (non-hydrogen) atoms. The zero-order valence-electron chi connectivity index (χ0n) is 5.13. The molecule has 50 valence electrons. The molecule has 0 aliphatic rings. The van der Waals surface area contributed by atoms with E-state index < -0.39 is 0 Å². The number of phenolic OH excluding ortho intramolecular Hbond substituents is 1. The lowest BCUT2D eigenvalue weighted by molar-refractivity contribution is 0.475. The molecule has 0 aliphatic heterocycles. The van der Waals surface area contributed by atoms with Gasteiger partial charge in [-0.25, -0.2) is 0 Å². The van der Waals surface area contributed by atoms with Crippen LogP contribution in [0.3, 0.4) is 0 Å². The van der Waals surface area contributed by atoms with Gasteiger partial charge in [-0.3, -0.25) is 0 Å². The Morgan fingerprint density at radius 3 is 2.30 bits per heavy atom. The van der Waals surface area contributed by atoms with Gasteiger partial charge in [0.2, 0.25) is 0 Å². The molecule has 0 saturated carbocycles. The zero-order valence-corrected chi connectivity index (χ0v) is 7.29. The third-order valence-corrected chi connectivity index (χ3v) is 1.33. The molecule has 0 heterocycles. The van der Waals surface area contributed by atoms with E-state index in [2.05, 4.69) is 9.85 Å². The monoisotopic (exact) mass is 244 g/mol. The zero-order chi connectivity index (χ0) is 7.40. The average molecular weight is 244 g/mol. The van der Waals surface area contributed by atoms with E-state index in [1.165, 1.54) is 0 Å². The summed E-state index contributed by atoms with van der Waals surface area (Å²) in [5.41, 5.74) is 0.923. The quantitative estimate of drug-likeness (QED) is 0.547. The molecule has 0 unspecified atom stereocenters. The van der Waals surface area contributed by atoms with E-state index in [0.717, 1.165) is 5.56 Å². The molecule has 0 amide bonds. The Morgan fingerprint density at radius 2 is 1.80 bits per heavy atom. The van der Waals surface area contributed by atoms with Gasteiger partial charge < -0.3 is 5.11 Å². The topological polar surface area (TPSA) is 20.2 Å². The van der Waals surface area contributed by atoms with Crippen molar-refractivity contribution in [2.24, 2.45) is 0 Å². The highest BCUT2D eigenvalue weighted by molar-refractivity contribution is 14.1. The van der Waals surface area contributed by atoms with Crippen LogP contribution < -0.4 is 0 Å². The van der Waals surface area contributed by atoms with Gasteiger partial charge in [0.15, 0.2) is 0 Å². The van der Waals surface area contributed by atoms with Crippen molar-refractivity contribution in [1.29, 1.82) is 0 Å². The van der Waals surface area contributed by atoms with Crippen molar-refractivity contribution in [3.8, 4) is 15.6 Å². The van der Waals surface area contributed by atoms with Crippen LogP contribution in [0.4, 0.5) is 0 Å². The van der Waals surface area contributed by atoms with Crippen LogP contribution in [0.5, 0.6) is 5.75 Å². The van der Waals surface area contributed by atoms with E-state index >= 15 is 0 Å². The molecule has 0 radical (unpaired) electrons. The Hall–Kier alpha value is -0.690. The third kappa shape index (κ3) is 1.92. The van der Waals surface area contributed by atoms with Crippen molar-refractivity contribution in [3.63, 3.8) is 0 Å². The second kappa shape index (κ2) is 3.47. The van der Waals surface area contributed by atoms with E-state index in [1.54, 1.807) is 24.3 Å². The standard InChI is InChI=1S/C8H5IO/c9-6-5-7-1-3-8(10)4-2-7/h1-4,10H. The van der Waals surface area contributed by atoms with Crippen LogP contribution in [0.2, 0.25) is 0 Å². The number of halogens is 1. The second-order valence-corrected chi connectivity index (χ2v) is 2.31. The summed E-state index contributed by atoms with van der Waals surface area (Å²) in [5.74, 6) is 3.14. The summed E-state index contributed by atoms with van der Waals surface area (Å²) in [4.78, 5) is 0. The fraction of sp³-hybridized carbons (Fsp3) is 0. The summed E-state index contributed by atoms with van der Waals surface area (Å²) >= 11 is 1.98. The predicted molar refractivity (Wildman–Crippen MR) is 49.0 cm³/mol. The normalized spacial score (nSPS) is 8.10. The molecule has 2 heteroatoms. The van der Waals surface area contributed by atoms with Crippen molar-refractivity contribution >= 4 is 22.6 Å². The first-order valence-electron chi connectivity index (χ1n) is 2.73. The highest BCUT2D eigenvalue weighted by Gasteiger charge is 1.85. The Balaban J connectivity index is 2.97. The Kier molecular flexibility index (Phi) is 2.57. The number of aromatic hydroxyl groups is 1. The Labute approximate surface area is 73.2 Å². The fourth-order valence-electron chi connectivity index (χ4n) is 0.599. The summed E-state index contributed by atoms with van der Waals surface area (Å²) in [6.45, 7) is 0. The van der Waals surface area contributed by atoms with Crippen LogP contribution >= 0.6 is 22.6 Å². The molecule has 0 saturated heterocycles. The largest absolute Gasteiger partial charge is 0.508 e. The minimum atomic E-state index is 0.277. The lowest BCUT2D eigenvalue weighted by atomic mass is 10.2. The van der Waals surface area contributed by atoms with Crippen LogP contribution in [-0.4, -0.2) is 5.11 Å². The van der Waals surface area contributed by atoms with Crippen LogP contribution in [0.15, 0.2) is 24.3 Å². The smallest absolute Gasteiger partial charge is 0.115 e. The maximum absolute atomic E-state index is 8.87. The van der Waals surface area contributed by atoms with Gasteiger partial charge in [0.1, 0.15) is 5.75 Å². The van der Waals surface area contributed by atoms with E-state index in [4.69, 9.17) is 5.11 Å². The lowest BCUT2D eigenvalue weighted by Gasteiger charge is -1.89. The molecule has 1 aromatic carbocycles. The summed E-state index contributed by atoms with van der Waals surface area (Å²) in [7, 11) is 0. The molecular formula is C8H5IO.